The molecule has 5 unspecified atom stereocenters. The van der Waals surface area contributed by atoms with Gasteiger partial charge in [-0.2, -0.15) is 0 Å². The second kappa shape index (κ2) is 7.41. The summed E-state index contributed by atoms with van der Waals surface area (Å²) in [6.07, 6.45) is -6.11. The van der Waals surface area contributed by atoms with Crippen LogP contribution in [0.15, 0.2) is 30.3 Å². The zero-order valence-corrected chi connectivity index (χ0v) is 12.2. The van der Waals surface area contributed by atoms with E-state index in [1.165, 1.54) is 30.3 Å². The van der Waals surface area contributed by atoms with E-state index in [1.54, 1.807) is 0 Å². The third-order valence-electron chi connectivity index (χ3n) is 3.36. The number of aliphatic hydroxyl groups excluding tert-OH is 3. The Labute approximate surface area is 136 Å². The molecular weight excluding hydrogens is 324 g/mol. The molecule has 130 valence electrons. The molecule has 1 aromatic carbocycles. The Bertz CT molecular complexity index is 624. The summed E-state index contributed by atoms with van der Waals surface area (Å²) in [7, 11) is 0. The second-order valence-corrected chi connectivity index (χ2v) is 5.09. The number of aliphatic carboxylic acids is 2. The number of benzene rings is 1. The molecule has 9 nitrogen and oxygen atoms in total. The van der Waals surface area contributed by atoms with Gasteiger partial charge in [0.2, 0.25) is 6.29 Å². The van der Waals surface area contributed by atoms with Gasteiger partial charge < -0.3 is 35.0 Å². The maximum atomic E-state index is 11.0. The molecule has 5 N–H and O–H groups in total. The molecule has 0 saturated carbocycles. The summed E-state index contributed by atoms with van der Waals surface area (Å²) in [6.45, 7) is 0. The summed E-state index contributed by atoms with van der Waals surface area (Å²) in [5.74, 6) is -2.41. The Kier molecular flexibility index (Phi) is 5.52. The number of carboxylic acids is 2. The van der Waals surface area contributed by atoms with E-state index in [2.05, 4.69) is 0 Å². The van der Waals surface area contributed by atoms with Gasteiger partial charge in [0.1, 0.15) is 24.1 Å². The molecule has 1 heterocycles. The van der Waals surface area contributed by atoms with Gasteiger partial charge in [0, 0.05) is 6.08 Å². The standard InChI is InChI=1S/C15H16O9/c16-9(17)6-3-7-1-4-8(5-2-7)23-15-12(20)10(18)11(19)13(24-15)14(21)22/h1-6,10-13,15,18-20H,(H,16,17)(H,21,22). The normalized spacial score (nSPS) is 30.2. The molecule has 2 rings (SSSR count). The van der Waals surface area contributed by atoms with Gasteiger partial charge in [0.15, 0.2) is 6.10 Å². The van der Waals surface area contributed by atoms with Crippen molar-refractivity contribution in [2.75, 3.05) is 0 Å². The largest absolute Gasteiger partial charge is 0.479 e. The van der Waals surface area contributed by atoms with Gasteiger partial charge >= 0.3 is 11.9 Å². The Morgan fingerprint density at radius 2 is 1.62 bits per heavy atom. The van der Waals surface area contributed by atoms with E-state index in [0.717, 1.165) is 6.08 Å². The van der Waals surface area contributed by atoms with Crippen LogP contribution in [0.5, 0.6) is 5.75 Å². The summed E-state index contributed by atoms with van der Waals surface area (Å²) < 4.78 is 10.3. The third-order valence-corrected chi connectivity index (χ3v) is 3.36. The minimum atomic E-state index is -1.79. The van der Waals surface area contributed by atoms with Gasteiger partial charge in [-0.3, -0.25) is 0 Å². The van der Waals surface area contributed by atoms with Crippen molar-refractivity contribution >= 4 is 18.0 Å². The summed E-state index contributed by atoms with van der Waals surface area (Å²) in [4.78, 5) is 21.4. The first kappa shape index (κ1) is 17.9. The molecule has 0 amide bonds. The van der Waals surface area contributed by atoms with Gasteiger partial charge in [-0.1, -0.05) is 12.1 Å². The quantitative estimate of drug-likeness (QED) is 0.427. The molecule has 0 spiro atoms. The van der Waals surface area contributed by atoms with Crippen LogP contribution in [0.25, 0.3) is 6.08 Å². The van der Waals surface area contributed by atoms with Gasteiger partial charge in [-0.15, -0.1) is 0 Å². The van der Waals surface area contributed by atoms with E-state index in [0.29, 0.717) is 5.56 Å². The highest BCUT2D eigenvalue weighted by Gasteiger charge is 2.48. The van der Waals surface area contributed by atoms with Crippen LogP contribution in [0.1, 0.15) is 5.56 Å². The average Bonchev–Trinajstić information content (AvgIpc) is 2.54. The summed E-state index contributed by atoms with van der Waals surface area (Å²) >= 11 is 0. The Morgan fingerprint density at radius 3 is 2.17 bits per heavy atom. The van der Waals surface area contributed by atoms with E-state index in [1.807, 2.05) is 0 Å². The lowest BCUT2D eigenvalue weighted by Gasteiger charge is -2.38. The Balaban J connectivity index is 2.09. The van der Waals surface area contributed by atoms with E-state index in [-0.39, 0.29) is 5.75 Å². The van der Waals surface area contributed by atoms with Crippen LogP contribution in [0.3, 0.4) is 0 Å². The molecule has 1 fully saturated rings. The van der Waals surface area contributed by atoms with Crippen LogP contribution >= 0.6 is 0 Å². The molecule has 0 aliphatic carbocycles. The van der Waals surface area contributed by atoms with Gasteiger partial charge in [-0.25, -0.2) is 9.59 Å². The smallest absolute Gasteiger partial charge is 0.335 e. The monoisotopic (exact) mass is 340 g/mol. The lowest BCUT2D eigenvalue weighted by atomic mass is 9.99. The van der Waals surface area contributed by atoms with Crippen LogP contribution in [0.4, 0.5) is 0 Å². The van der Waals surface area contributed by atoms with Crippen molar-refractivity contribution in [1.29, 1.82) is 0 Å². The molecular formula is C15H16O9. The van der Waals surface area contributed by atoms with Crippen molar-refractivity contribution in [2.45, 2.75) is 30.7 Å². The zero-order chi connectivity index (χ0) is 17.9. The summed E-state index contributed by atoms with van der Waals surface area (Å²) in [5, 5.41) is 46.6. The maximum absolute atomic E-state index is 11.0. The predicted octanol–water partition coefficient (Wildman–Crippen LogP) is -0.945. The van der Waals surface area contributed by atoms with E-state index in [4.69, 9.17) is 19.7 Å². The Morgan fingerprint density at radius 1 is 1.00 bits per heavy atom. The van der Waals surface area contributed by atoms with Gasteiger partial charge in [0.25, 0.3) is 0 Å². The summed E-state index contributed by atoms with van der Waals surface area (Å²) in [6, 6.07) is 5.96. The first-order chi connectivity index (χ1) is 11.3. The van der Waals surface area contributed by atoms with Crippen molar-refractivity contribution in [3.05, 3.63) is 35.9 Å². The first-order valence-corrected chi connectivity index (χ1v) is 6.90. The number of ether oxygens (including phenoxy) is 2. The molecule has 0 aromatic heterocycles. The SMILES string of the molecule is O=C(O)C=Cc1ccc(OC2OC(C(=O)O)C(O)C(O)C2O)cc1. The van der Waals surface area contributed by atoms with Gasteiger partial charge in [0.05, 0.1) is 0 Å². The van der Waals surface area contributed by atoms with Crippen LogP contribution in [0.2, 0.25) is 0 Å². The number of hydrogen-bond acceptors (Lipinski definition) is 7. The lowest BCUT2D eigenvalue weighted by molar-refractivity contribution is -0.271. The average molecular weight is 340 g/mol. The topological polar surface area (TPSA) is 154 Å². The van der Waals surface area contributed by atoms with Crippen LogP contribution < -0.4 is 4.74 Å². The molecule has 24 heavy (non-hydrogen) atoms. The fraction of sp³-hybridized carbons (Fsp3) is 0.333. The van der Waals surface area contributed by atoms with Crippen LogP contribution in [-0.2, 0) is 14.3 Å². The van der Waals surface area contributed by atoms with Gasteiger partial charge in [-0.05, 0) is 23.8 Å². The highest BCUT2D eigenvalue weighted by molar-refractivity contribution is 5.85. The molecule has 1 aromatic rings. The fourth-order valence-corrected chi connectivity index (χ4v) is 2.11. The molecule has 1 saturated heterocycles. The first-order valence-electron chi connectivity index (χ1n) is 6.90. The number of rotatable bonds is 5. The van der Waals surface area contributed by atoms with Crippen LogP contribution in [0, 0.1) is 0 Å². The van der Waals surface area contributed by atoms with E-state index in [9.17, 15) is 24.9 Å². The summed E-state index contributed by atoms with van der Waals surface area (Å²) in [5.41, 5.74) is 0.578. The van der Waals surface area contributed by atoms with Crippen molar-refractivity contribution < 1.29 is 44.6 Å². The minimum absolute atomic E-state index is 0.194. The predicted molar refractivity (Wildman–Crippen MR) is 78.1 cm³/mol. The number of aliphatic hydroxyl groups is 3. The van der Waals surface area contributed by atoms with Crippen molar-refractivity contribution in [3.8, 4) is 5.75 Å². The zero-order valence-electron chi connectivity index (χ0n) is 12.2. The highest BCUT2D eigenvalue weighted by Crippen LogP contribution is 2.25. The maximum Gasteiger partial charge on any atom is 0.335 e. The molecule has 1 aliphatic rings. The number of carboxylic acid groups (broad SMARTS) is 2. The minimum Gasteiger partial charge on any atom is -0.479 e. The number of hydrogen-bond donors (Lipinski definition) is 5. The second-order valence-electron chi connectivity index (χ2n) is 5.09. The van der Waals surface area contributed by atoms with Crippen LogP contribution in [-0.4, -0.2) is 68.2 Å². The van der Waals surface area contributed by atoms with E-state index < -0.39 is 42.6 Å². The molecule has 0 radical (unpaired) electrons. The number of carbonyl (C=O) groups is 2. The fourth-order valence-electron chi connectivity index (χ4n) is 2.11. The van der Waals surface area contributed by atoms with Crippen molar-refractivity contribution in [3.63, 3.8) is 0 Å². The third kappa shape index (κ3) is 4.09. The molecule has 5 atom stereocenters. The molecule has 1 aliphatic heterocycles. The highest BCUT2D eigenvalue weighted by atomic mass is 16.7. The molecule has 0 bridgehead atoms. The Hall–Kier alpha value is -2.46. The van der Waals surface area contributed by atoms with Crippen molar-refractivity contribution in [2.24, 2.45) is 0 Å². The van der Waals surface area contributed by atoms with Crippen molar-refractivity contribution in [1.82, 2.24) is 0 Å². The lowest BCUT2D eigenvalue weighted by Crippen LogP contribution is -2.61. The molecule has 9 heteroatoms. The van der Waals surface area contributed by atoms with E-state index >= 15 is 0 Å².